The number of carbonyl (C=O) groups excluding carboxylic acids is 1. The van der Waals surface area contributed by atoms with E-state index in [9.17, 15) is 13.2 Å². The number of nitrogens with zero attached hydrogens (tertiary/aromatic N) is 4. The van der Waals surface area contributed by atoms with Crippen molar-refractivity contribution in [3.8, 4) is 0 Å². The van der Waals surface area contributed by atoms with Gasteiger partial charge in [0.25, 0.3) is 5.91 Å². The van der Waals surface area contributed by atoms with Crippen LogP contribution < -0.4 is 5.32 Å². The van der Waals surface area contributed by atoms with Crippen LogP contribution in [0.3, 0.4) is 0 Å². The van der Waals surface area contributed by atoms with Gasteiger partial charge in [-0.3, -0.25) is 4.79 Å². The maximum absolute atomic E-state index is 12.7. The first-order chi connectivity index (χ1) is 14.0. The molecule has 1 fully saturated rings. The number of amides is 1. The van der Waals surface area contributed by atoms with Gasteiger partial charge in [-0.05, 0) is 48.7 Å². The minimum absolute atomic E-state index is 0.211. The van der Waals surface area contributed by atoms with Crippen molar-refractivity contribution in [2.75, 3.05) is 18.4 Å². The Morgan fingerprint density at radius 2 is 1.76 bits per heavy atom. The van der Waals surface area contributed by atoms with Crippen molar-refractivity contribution in [2.24, 2.45) is 0 Å². The Kier molecular flexibility index (Phi) is 5.41. The summed E-state index contributed by atoms with van der Waals surface area (Å²) in [6.45, 7) is 1.57. The minimum atomic E-state index is -3.49. The first kappa shape index (κ1) is 19.3. The van der Waals surface area contributed by atoms with Gasteiger partial charge in [0.05, 0.1) is 11.4 Å². The van der Waals surface area contributed by atoms with Crippen LogP contribution >= 0.6 is 0 Å². The molecule has 29 heavy (non-hydrogen) atoms. The summed E-state index contributed by atoms with van der Waals surface area (Å²) in [5.41, 5.74) is 1.95. The number of nitrogens with one attached hydrogen (secondary N) is 1. The third kappa shape index (κ3) is 4.20. The first-order valence-corrected chi connectivity index (χ1v) is 10.8. The van der Waals surface area contributed by atoms with Crippen molar-refractivity contribution in [2.45, 2.75) is 24.3 Å². The molecule has 2 aromatic carbocycles. The fourth-order valence-corrected chi connectivity index (χ4v) is 4.84. The van der Waals surface area contributed by atoms with Crippen LogP contribution in [0.2, 0.25) is 0 Å². The Morgan fingerprint density at radius 1 is 1.03 bits per heavy atom. The van der Waals surface area contributed by atoms with Crippen LogP contribution in [-0.2, 0) is 16.6 Å². The van der Waals surface area contributed by atoms with Crippen molar-refractivity contribution in [3.63, 3.8) is 0 Å². The summed E-state index contributed by atoms with van der Waals surface area (Å²) >= 11 is 0. The third-order valence-corrected chi connectivity index (χ3v) is 6.80. The van der Waals surface area contributed by atoms with E-state index in [1.165, 1.54) is 22.8 Å². The van der Waals surface area contributed by atoms with E-state index in [0.29, 0.717) is 30.9 Å². The number of hydrogen-bond donors (Lipinski definition) is 1. The normalized spacial score (nSPS) is 14.8. The largest absolute Gasteiger partial charge is 0.322 e. The van der Waals surface area contributed by atoms with Crippen molar-refractivity contribution >= 4 is 21.6 Å². The molecule has 1 N–H and O–H groups in total. The number of para-hydroxylation sites is 1. The smallest absolute Gasteiger partial charge is 0.255 e. The average Bonchev–Trinajstić information content (AvgIpc) is 3.44. The van der Waals surface area contributed by atoms with E-state index in [4.69, 9.17) is 0 Å². The van der Waals surface area contributed by atoms with E-state index in [0.717, 1.165) is 18.4 Å². The molecule has 0 saturated carbocycles. The zero-order valence-corrected chi connectivity index (χ0v) is 16.5. The molecule has 0 unspecified atom stereocenters. The summed E-state index contributed by atoms with van der Waals surface area (Å²) in [6, 6.07) is 13.5. The highest BCUT2D eigenvalue weighted by Gasteiger charge is 2.27. The van der Waals surface area contributed by atoms with Crippen LogP contribution in [0.15, 0.2) is 66.1 Å². The number of anilines is 1. The van der Waals surface area contributed by atoms with E-state index < -0.39 is 10.0 Å². The highest BCUT2D eigenvalue weighted by Crippen LogP contribution is 2.22. The van der Waals surface area contributed by atoms with Gasteiger partial charge >= 0.3 is 0 Å². The summed E-state index contributed by atoms with van der Waals surface area (Å²) in [5.74, 6) is -0.304. The fraction of sp³-hybridized carbons (Fsp3) is 0.250. The molecule has 8 nitrogen and oxygen atoms in total. The zero-order valence-electron chi connectivity index (χ0n) is 15.7. The summed E-state index contributed by atoms with van der Waals surface area (Å²) in [7, 11) is -3.49. The van der Waals surface area contributed by atoms with E-state index in [1.54, 1.807) is 23.1 Å². The molecule has 0 radical (unpaired) electrons. The van der Waals surface area contributed by atoms with Crippen molar-refractivity contribution < 1.29 is 13.2 Å². The van der Waals surface area contributed by atoms with E-state index >= 15 is 0 Å². The lowest BCUT2D eigenvalue weighted by Gasteiger charge is -2.15. The number of hydrogen-bond acceptors (Lipinski definition) is 5. The number of sulfonamides is 1. The Labute approximate surface area is 169 Å². The minimum Gasteiger partial charge on any atom is -0.322 e. The molecule has 0 bridgehead atoms. The molecule has 4 rings (SSSR count). The molecule has 0 aliphatic carbocycles. The molecule has 1 aliphatic heterocycles. The van der Waals surface area contributed by atoms with Crippen LogP contribution in [0.1, 0.15) is 28.8 Å². The van der Waals surface area contributed by atoms with Gasteiger partial charge in [0, 0.05) is 24.3 Å². The molecular formula is C20H21N5O3S. The van der Waals surface area contributed by atoms with Crippen LogP contribution in [0, 0.1) is 0 Å². The summed E-state index contributed by atoms with van der Waals surface area (Å²) < 4.78 is 28.4. The van der Waals surface area contributed by atoms with Gasteiger partial charge < -0.3 is 5.32 Å². The number of benzene rings is 2. The quantitative estimate of drug-likeness (QED) is 0.672. The Balaban J connectivity index is 1.49. The lowest BCUT2D eigenvalue weighted by Crippen LogP contribution is -2.27. The second kappa shape index (κ2) is 8.14. The average molecular weight is 411 g/mol. The lowest BCUT2D eigenvalue weighted by molar-refractivity contribution is 0.102. The molecule has 0 atom stereocenters. The maximum atomic E-state index is 12.7. The Bertz CT molecular complexity index is 1090. The molecule has 1 saturated heterocycles. The fourth-order valence-electron chi connectivity index (χ4n) is 3.32. The van der Waals surface area contributed by atoms with E-state index in [-0.39, 0.29) is 10.8 Å². The number of aromatic nitrogens is 3. The highest BCUT2D eigenvalue weighted by molar-refractivity contribution is 7.89. The summed E-state index contributed by atoms with van der Waals surface area (Å²) in [4.78, 5) is 16.8. The predicted octanol–water partition coefficient (Wildman–Crippen LogP) is 2.36. The van der Waals surface area contributed by atoms with E-state index in [2.05, 4.69) is 15.4 Å². The van der Waals surface area contributed by atoms with Crippen molar-refractivity contribution in [1.29, 1.82) is 0 Å². The third-order valence-electron chi connectivity index (χ3n) is 4.88. The summed E-state index contributed by atoms with van der Waals surface area (Å²) in [6.07, 6.45) is 4.83. The molecule has 150 valence electrons. The molecule has 1 aliphatic rings. The van der Waals surface area contributed by atoms with Crippen molar-refractivity contribution in [1.82, 2.24) is 19.1 Å². The molecular weight excluding hydrogens is 390 g/mol. The first-order valence-electron chi connectivity index (χ1n) is 9.36. The van der Waals surface area contributed by atoms with Crippen LogP contribution in [0.5, 0.6) is 0 Å². The van der Waals surface area contributed by atoms with Crippen molar-refractivity contribution in [3.05, 3.63) is 72.3 Å². The molecule has 9 heteroatoms. The molecule has 3 aromatic rings. The SMILES string of the molecule is O=C(Nc1ccccc1Cn1cncn1)c1ccc(S(=O)(=O)N2CCCC2)cc1. The number of carbonyl (C=O) groups is 1. The van der Waals surface area contributed by atoms with E-state index in [1.807, 2.05) is 24.3 Å². The van der Waals surface area contributed by atoms with Gasteiger partial charge in [0.1, 0.15) is 12.7 Å². The predicted molar refractivity (Wildman–Crippen MR) is 108 cm³/mol. The van der Waals surface area contributed by atoms with Gasteiger partial charge in [-0.2, -0.15) is 9.40 Å². The standard InChI is InChI=1S/C20H21N5O3S/c26-20(23-19-6-2-1-5-17(19)13-24-15-21-14-22-24)16-7-9-18(10-8-16)29(27,28)25-11-3-4-12-25/h1-2,5-10,14-15H,3-4,11-13H2,(H,23,26). The molecule has 1 amide bonds. The van der Waals surface area contributed by atoms with Crippen LogP contribution in [0.4, 0.5) is 5.69 Å². The van der Waals surface area contributed by atoms with Gasteiger partial charge in [-0.15, -0.1) is 0 Å². The topological polar surface area (TPSA) is 97.2 Å². The Hall–Kier alpha value is -3.04. The second-order valence-corrected chi connectivity index (χ2v) is 8.78. The van der Waals surface area contributed by atoms with Gasteiger partial charge in [-0.25, -0.2) is 18.1 Å². The molecule has 0 spiro atoms. The number of rotatable bonds is 6. The lowest BCUT2D eigenvalue weighted by atomic mass is 10.1. The highest BCUT2D eigenvalue weighted by atomic mass is 32.2. The zero-order chi connectivity index (χ0) is 20.3. The maximum Gasteiger partial charge on any atom is 0.255 e. The van der Waals surface area contributed by atoms with Gasteiger partial charge in [-0.1, -0.05) is 18.2 Å². The van der Waals surface area contributed by atoms with Gasteiger partial charge in [0.15, 0.2) is 0 Å². The Morgan fingerprint density at radius 3 is 2.45 bits per heavy atom. The molecule has 1 aromatic heterocycles. The summed E-state index contributed by atoms with van der Waals surface area (Å²) in [5, 5.41) is 6.98. The van der Waals surface area contributed by atoms with Gasteiger partial charge in [0.2, 0.25) is 10.0 Å². The molecule has 2 heterocycles. The van der Waals surface area contributed by atoms with Crippen LogP contribution in [-0.4, -0.2) is 46.5 Å². The second-order valence-electron chi connectivity index (χ2n) is 6.84. The van der Waals surface area contributed by atoms with Crippen LogP contribution in [0.25, 0.3) is 0 Å². The monoisotopic (exact) mass is 411 g/mol.